The predicted molar refractivity (Wildman–Crippen MR) is 96.4 cm³/mol. The van der Waals surface area contributed by atoms with Crippen LogP contribution in [-0.2, 0) is 4.79 Å². The average Bonchev–Trinajstić information content (AvgIpc) is 2.87. The number of hydrogen-bond donors (Lipinski definition) is 1. The van der Waals surface area contributed by atoms with Gasteiger partial charge >= 0.3 is 0 Å². The molecule has 0 bridgehead atoms. The highest BCUT2D eigenvalue weighted by Gasteiger charge is 2.25. The first-order valence-corrected chi connectivity index (χ1v) is 7.86. The summed E-state index contributed by atoms with van der Waals surface area (Å²) in [7, 11) is 1.57. The molecule has 0 unspecified atom stereocenters. The van der Waals surface area contributed by atoms with Crippen molar-refractivity contribution >= 4 is 23.9 Å². The fourth-order valence-electron chi connectivity index (χ4n) is 2.44. The molecule has 4 nitrogen and oxygen atoms in total. The largest absolute Gasteiger partial charge is 0.503 e. The highest BCUT2D eigenvalue weighted by molar-refractivity contribution is 6.18. The molecule has 0 spiro atoms. The lowest BCUT2D eigenvalue weighted by atomic mass is 10.1. The van der Waals surface area contributed by atoms with Gasteiger partial charge in [-0.2, -0.15) is 0 Å². The average molecular weight is 354 g/mol. The molecule has 0 atom stereocenters. The smallest absolute Gasteiger partial charge is 0.277 e. The Labute approximate surface area is 149 Å². The number of hydrogen-bond acceptors (Lipinski definition) is 3. The molecule has 1 N–H and O–H groups in total. The molecule has 1 aliphatic rings. The van der Waals surface area contributed by atoms with Crippen molar-refractivity contribution in [2.45, 2.75) is 6.92 Å². The number of carbonyl (C=O) groups is 1. The van der Waals surface area contributed by atoms with E-state index in [1.54, 1.807) is 13.1 Å². The molecule has 132 valence electrons. The summed E-state index contributed by atoms with van der Waals surface area (Å²) in [5, 5.41) is 9.14. The molecular weight excluding hydrogens is 338 g/mol. The Balaban J connectivity index is 1.89. The molecule has 0 fully saturated rings. The number of rotatable bonds is 3. The highest BCUT2D eigenvalue weighted by atomic mass is 19.1. The van der Waals surface area contributed by atoms with Gasteiger partial charge < -0.3 is 5.11 Å². The molecule has 2 aromatic carbocycles. The number of aliphatic imine (C=N–C) groups is 1. The number of benzene rings is 2. The van der Waals surface area contributed by atoms with Crippen molar-refractivity contribution < 1.29 is 18.7 Å². The summed E-state index contributed by atoms with van der Waals surface area (Å²) in [6, 6.07) is 9.72. The second-order valence-electron chi connectivity index (χ2n) is 5.94. The summed E-state index contributed by atoms with van der Waals surface area (Å²) in [5.41, 5.74) is 2.26. The molecule has 0 saturated carbocycles. The van der Waals surface area contributed by atoms with E-state index in [-0.39, 0.29) is 17.2 Å². The zero-order valence-corrected chi connectivity index (χ0v) is 14.2. The van der Waals surface area contributed by atoms with E-state index in [4.69, 9.17) is 5.11 Å². The molecule has 2 aromatic rings. The van der Waals surface area contributed by atoms with Crippen LogP contribution in [0.25, 0.3) is 12.2 Å². The van der Waals surface area contributed by atoms with Gasteiger partial charge in [-0.15, -0.1) is 0 Å². The van der Waals surface area contributed by atoms with E-state index >= 15 is 0 Å². The monoisotopic (exact) mass is 354 g/mol. The number of amides is 1. The van der Waals surface area contributed by atoms with Crippen molar-refractivity contribution in [2.75, 3.05) is 7.05 Å². The van der Waals surface area contributed by atoms with E-state index in [2.05, 4.69) is 4.99 Å². The van der Waals surface area contributed by atoms with Gasteiger partial charge in [0.15, 0.2) is 17.4 Å². The Morgan fingerprint density at radius 2 is 1.65 bits per heavy atom. The van der Waals surface area contributed by atoms with E-state index in [1.807, 2.05) is 37.3 Å². The van der Waals surface area contributed by atoms with Gasteiger partial charge in [-0.1, -0.05) is 35.9 Å². The number of aromatic hydroxyl groups is 1. The van der Waals surface area contributed by atoms with Crippen molar-refractivity contribution in [2.24, 2.45) is 4.99 Å². The maximum absolute atomic E-state index is 13.4. The van der Waals surface area contributed by atoms with Crippen LogP contribution in [0.3, 0.4) is 0 Å². The zero-order valence-electron chi connectivity index (χ0n) is 14.2. The number of phenols is 1. The fraction of sp³-hybridized carbons (Fsp3) is 0.100. The molecule has 1 aliphatic heterocycles. The SMILES string of the molecule is Cc1ccc(/C=C/C2=NC(=C\c3cc(F)c(O)c(F)c3)/C(=O)N2C)cc1. The number of amidine groups is 1. The lowest BCUT2D eigenvalue weighted by molar-refractivity contribution is -0.121. The topological polar surface area (TPSA) is 52.9 Å². The number of halogens is 2. The van der Waals surface area contributed by atoms with Crippen molar-refractivity contribution in [1.29, 1.82) is 0 Å². The molecule has 6 heteroatoms. The normalized spacial score (nSPS) is 16.0. The van der Waals surface area contributed by atoms with Crippen LogP contribution in [0.4, 0.5) is 8.78 Å². The maximum atomic E-state index is 13.4. The summed E-state index contributed by atoms with van der Waals surface area (Å²) < 4.78 is 26.9. The molecule has 0 radical (unpaired) electrons. The fourth-order valence-corrected chi connectivity index (χ4v) is 2.44. The minimum absolute atomic E-state index is 0.0561. The molecule has 0 saturated heterocycles. The number of aryl methyl sites for hydroxylation is 1. The predicted octanol–water partition coefficient (Wildman–Crippen LogP) is 3.90. The molecule has 0 aliphatic carbocycles. The summed E-state index contributed by atoms with van der Waals surface area (Å²) in [6.07, 6.45) is 4.80. The Morgan fingerprint density at radius 1 is 1.04 bits per heavy atom. The molecule has 1 heterocycles. The van der Waals surface area contributed by atoms with Crippen molar-refractivity contribution in [3.8, 4) is 5.75 Å². The number of phenolic OH excluding ortho intramolecular Hbond substituents is 1. The quantitative estimate of drug-likeness (QED) is 0.850. The van der Waals surface area contributed by atoms with Gasteiger partial charge in [0.2, 0.25) is 0 Å². The first-order chi connectivity index (χ1) is 12.3. The van der Waals surface area contributed by atoms with Crippen molar-refractivity contribution in [1.82, 2.24) is 4.90 Å². The first kappa shape index (κ1) is 17.5. The second-order valence-corrected chi connectivity index (χ2v) is 5.94. The Hall–Kier alpha value is -3.28. The minimum Gasteiger partial charge on any atom is -0.503 e. The number of carbonyl (C=O) groups excluding carboxylic acids is 1. The summed E-state index contributed by atoms with van der Waals surface area (Å²) in [5.74, 6) is -3.21. The molecule has 3 rings (SSSR count). The third-order valence-electron chi connectivity index (χ3n) is 3.95. The van der Waals surface area contributed by atoms with Gasteiger partial charge in [0.05, 0.1) is 0 Å². The van der Waals surface area contributed by atoms with Crippen LogP contribution in [0.5, 0.6) is 5.75 Å². The van der Waals surface area contributed by atoms with Gasteiger partial charge in [0, 0.05) is 7.05 Å². The van der Waals surface area contributed by atoms with Crippen LogP contribution >= 0.6 is 0 Å². The first-order valence-electron chi connectivity index (χ1n) is 7.86. The van der Waals surface area contributed by atoms with Crippen LogP contribution in [0, 0.1) is 18.6 Å². The standard InChI is InChI=1S/C20H16F2N2O2/c1-12-3-5-13(6-4-12)7-8-18-23-17(20(26)24(18)2)11-14-9-15(21)19(25)16(22)10-14/h3-11,25H,1-2H3/b8-7+,17-11-. The Kier molecular flexibility index (Phi) is 4.67. The summed E-state index contributed by atoms with van der Waals surface area (Å²) in [6.45, 7) is 1.99. The number of likely N-dealkylation sites (N-methyl/N-ethyl adjacent to an activating group) is 1. The summed E-state index contributed by atoms with van der Waals surface area (Å²) in [4.78, 5) is 17.9. The van der Waals surface area contributed by atoms with Crippen LogP contribution in [0.1, 0.15) is 16.7 Å². The number of nitrogens with zero attached hydrogens (tertiary/aromatic N) is 2. The van der Waals surface area contributed by atoms with E-state index in [9.17, 15) is 13.6 Å². The maximum Gasteiger partial charge on any atom is 0.277 e. The second kappa shape index (κ2) is 6.92. The van der Waals surface area contributed by atoms with Crippen LogP contribution in [-0.4, -0.2) is 28.8 Å². The highest BCUT2D eigenvalue weighted by Crippen LogP contribution is 2.24. The van der Waals surface area contributed by atoms with Crippen LogP contribution in [0.15, 0.2) is 53.2 Å². The van der Waals surface area contributed by atoms with Gasteiger partial charge in [-0.25, -0.2) is 13.8 Å². The van der Waals surface area contributed by atoms with Crippen molar-refractivity contribution in [3.05, 3.63) is 76.5 Å². The molecular formula is C20H16F2N2O2. The van der Waals surface area contributed by atoms with Gasteiger partial charge in [0.1, 0.15) is 11.5 Å². The van der Waals surface area contributed by atoms with Gasteiger partial charge in [-0.05, 0) is 42.3 Å². The third-order valence-corrected chi connectivity index (χ3v) is 3.95. The summed E-state index contributed by atoms with van der Waals surface area (Å²) >= 11 is 0. The van der Waals surface area contributed by atoms with E-state index < -0.39 is 17.4 Å². The van der Waals surface area contributed by atoms with Gasteiger partial charge in [-0.3, -0.25) is 9.69 Å². The van der Waals surface area contributed by atoms with Gasteiger partial charge in [0.25, 0.3) is 5.91 Å². The lowest BCUT2D eigenvalue weighted by Crippen LogP contribution is -2.26. The van der Waals surface area contributed by atoms with E-state index in [0.717, 1.165) is 23.3 Å². The van der Waals surface area contributed by atoms with E-state index in [0.29, 0.717) is 5.84 Å². The minimum atomic E-state index is -1.10. The van der Waals surface area contributed by atoms with Crippen LogP contribution < -0.4 is 0 Å². The third kappa shape index (κ3) is 3.54. The van der Waals surface area contributed by atoms with Crippen LogP contribution in [0.2, 0.25) is 0 Å². The Morgan fingerprint density at radius 3 is 2.27 bits per heavy atom. The molecule has 0 aromatic heterocycles. The van der Waals surface area contributed by atoms with Crippen molar-refractivity contribution in [3.63, 3.8) is 0 Å². The lowest BCUT2D eigenvalue weighted by Gasteiger charge is -2.07. The zero-order chi connectivity index (χ0) is 18.8. The Bertz CT molecular complexity index is 937. The molecule has 26 heavy (non-hydrogen) atoms. The van der Waals surface area contributed by atoms with E-state index in [1.165, 1.54) is 11.0 Å². The molecule has 1 amide bonds.